The van der Waals surface area contributed by atoms with Gasteiger partial charge >= 0.3 is 23.6 Å². The third-order valence-electron chi connectivity index (χ3n) is 21.5. The summed E-state index contributed by atoms with van der Waals surface area (Å²) in [6, 6.07) is 14.8. The number of likely N-dealkylation sites (tertiary alicyclic amines) is 2. The van der Waals surface area contributed by atoms with Crippen LogP contribution in [-0.4, -0.2) is 187 Å². The van der Waals surface area contributed by atoms with Gasteiger partial charge in [-0.2, -0.15) is 0 Å². The lowest BCUT2D eigenvalue weighted by Gasteiger charge is -2.22. The number of unbranched alkanes of at least 4 members (excludes halogenated alkanes) is 4. The van der Waals surface area contributed by atoms with Crippen LogP contribution in [0, 0.1) is 80.5 Å². The first kappa shape index (κ1) is 82.4. The van der Waals surface area contributed by atoms with Crippen LogP contribution < -0.4 is 29.4 Å². The summed E-state index contributed by atoms with van der Waals surface area (Å²) in [5.41, 5.74) is 4.53. The Hall–Kier alpha value is -10.0. The van der Waals surface area contributed by atoms with Gasteiger partial charge < -0.3 is 44.9 Å². The number of imide groups is 2. The molecule has 2 saturated heterocycles. The van der Waals surface area contributed by atoms with Gasteiger partial charge in [0.2, 0.25) is 53.8 Å². The number of carbonyl (C=O) groups excluding carboxylic acids is 10. The second-order valence-corrected chi connectivity index (χ2v) is 31.2. The number of aliphatic hydroxyl groups excluding tert-OH is 2. The monoisotopic (exact) mass is 1530 g/mol. The largest absolute Gasteiger partial charge is 0.493 e. The molecule has 3 aromatic heterocycles. The smallest absolute Gasteiger partial charge is 0.446 e. The molecule has 3 aliphatic heterocycles. The molecule has 28 nitrogen and oxygen atoms in total. The van der Waals surface area contributed by atoms with Gasteiger partial charge in [-0.3, -0.25) is 67.4 Å². The molecule has 4 bridgehead atoms. The molecule has 0 unspecified atom stereocenters. The number of aromatic amines is 1. The fourth-order valence-electron chi connectivity index (χ4n) is 16.1. The minimum absolute atomic E-state index is 0. The molecule has 9 atom stereocenters. The van der Waals surface area contributed by atoms with Crippen LogP contribution in [0.3, 0.4) is 0 Å². The summed E-state index contributed by atoms with van der Waals surface area (Å²) < 4.78 is 23.0. The van der Waals surface area contributed by atoms with Crippen molar-refractivity contribution < 1.29 is 81.6 Å². The van der Waals surface area contributed by atoms with Gasteiger partial charge in [0.15, 0.2) is 17.5 Å². The maximum atomic E-state index is 13.6. The average Bonchev–Trinajstić information content (AvgIpc) is 1.59. The maximum Gasteiger partial charge on any atom is 0.446 e. The van der Waals surface area contributed by atoms with Crippen LogP contribution in [0.2, 0.25) is 0 Å². The van der Waals surface area contributed by atoms with Crippen LogP contribution in [0.5, 0.6) is 11.5 Å². The summed E-state index contributed by atoms with van der Waals surface area (Å²) in [5.74, 6) is 2.69. The lowest BCUT2D eigenvalue weighted by atomic mass is 9.85. The van der Waals surface area contributed by atoms with Crippen molar-refractivity contribution >= 4 is 76.2 Å². The molecule has 0 radical (unpaired) electrons. The third kappa shape index (κ3) is 19.2. The quantitative estimate of drug-likeness (QED) is 0.00592. The van der Waals surface area contributed by atoms with Crippen LogP contribution in [0.4, 0.5) is 0 Å². The number of hydrogen-bond donors (Lipinski definition) is 5. The predicted molar refractivity (Wildman–Crippen MR) is 405 cm³/mol. The number of aliphatic imine (C=N–C) groups is 1. The molecule has 12 rings (SSSR count). The first-order valence-corrected chi connectivity index (χ1v) is 38.8. The van der Waals surface area contributed by atoms with Crippen molar-refractivity contribution in [3.05, 3.63) is 124 Å². The predicted octanol–water partition coefficient (Wildman–Crippen LogP) is 5.98. The van der Waals surface area contributed by atoms with E-state index in [0.717, 1.165) is 68.8 Å². The maximum absolute atomic E-state index is 13.6. The lowest BCUT2D eigenvalue weighted by molar-refractivity contribution is -0.794. The number of carbonyl (C=O) groups is 10. The fourth-order valence-corrected chi connectivity index (χ4v) is 17.3. The Balaban J connectivity index is 0.000000336. The number of methoxy groups -OCH3 is 1. The molecule has 5 N–H and O–H groups in total. The Morgan fingerprint density at radius 1 is 0.709 bits per heavy atom. The van der Waals surface area contributed by atoms with E-state index in [2.05, 4.69) is 74.7 Å². The van der Waals surface area contributed by atoms with E-state index in [9.17, 15) is 47.9 Å². The number of rotatable bonds is 35. The number of aryl methyl sites for hydroxylation is 2. The molecule has 4 fully saturated rings. The number of hydrogen-bond acceptors (Lipinski definition) is 19. The molecule has 7 aliphatic rings. The van der Waals surface area contributed by atoms with E-state index in [1.165, 1.54) is 26.5 Å². The number of benzene rings is 2. The highest BCUT2D eigenvalue weighted by atomic mass is 32.1. The summed E-state index contributed by atoms with van der Waals surface area (Å²) in [4.78, 5) is 141. The van der Waals surface area contributed by atoms with E-state index in [1.807, 2.05) is 74.8 Å². The number of nitrogens with one attached hydrogen (secondary N) is 3. The Labute approximate surface area is 646 Å². The molecular weight excluding hydrogens is 1430 g/mol. The highest BCUT2D eigenvalue weighted by molar-refractivity contribution is 7.14. The van der Waals surface area contributed by atoms with E-state index < -0.39 is 17.6 Å². The Morgan fingerprint density at radius 2 is 1.26 bits per heavy atom. The SMILES string of the molecule is C.C#CCN(CCC(=O)NCCO)C(=O)CCCCCN1C(=O)[C@@H]2[C@H](C1=O)[C@H]1C=C[C@@H]2C1.COc1cc(C[n+]2[nH]c3[n+](c2C)-c2sc(C)c(C)c2C(c2ccccc2)=N[C@H]3CC(=O)OC(C)(C)C)ccc1OC(=O)CCn1cc(CN(CCC(=O)NCCO)C(=O)CCCCCN2C(=O)[C@@H]3[C@H](C2=O)[C@H]2C=C[C@@H]3C2)nn1. The molecule has 6 heterocycles. The number of ether oxygens (including phenoxy) is 3. The zero-order valence-electron chi connectivity index (χ0n) is 63.2. The highest BCUT2D eigenvalue weighted by Crippen LogP contribution is 2.54. The zero-order valence-corrected chi connectivity index (χ0v) is 64.1. The zero-order chi connectivity index (χ0) is 77.8. The minimum Gasteiger partial charge on any atom is -0.493 e. The highest BCUT2D eigenvalue weighted by Gasteiger charge is 2.60. The number of aliphatic hydroxyl groups is 2. The lowest BCUT2D eigenvalue weighted by Crippen LogP contribution is -2.45. The van der Waals surface area contributed by atoms with Gasteiger partial charge in [0.25, 0.3) is 5.00 Å². The molecule has 4 aliphatic carbocycles. The van der Waals surface area contributed by atoms with E-state index in [-0.39, 0.29) is 205 Å². The van der Waals surface area contributed by atoms with Crippen LogP contribution in [-0.2, 0) is 72.3 Å². The fraction of sp³-hybridized carbons (Fsp3) is 0.543. The molecular formula is C81H105N13O15S+2. The van der Waals surface area contributed by atoms with Crippen molar-refractivity contribution in [2.45, 2.75) is 170 Å². The Bertz CT molecular complexity index is 4310. The number of aromatic nitrogens is 6. The number of H-pyrrole nitrogens is 1. The number of fused-ring (bicyclic) bond motifs is 13. The van der Waals surface area contributed by atoms with Crippen LogP contribution in [0.1, 0.15) is 169 Å². The molecule has 2 aromatic carbocycles. The standard InChI is InChI=1S/C57H68N10O10S.C23H31N3O5.CH4/c1-34-35(2)78-56-49(34)52(38-14-10-8-11-15-38)59-42(30-48(72)77-57(4,5)6)53-61-66(36(3)67(53)56)31-37-17-20-43(44(28-37)75-7)76-47(71)22-26-64-33-41(60-62-64)32-63(25-21-45(69)58-23-27-68)46(70)16-12-9-13-24-65-54(73)50-39-18-19-40(29-39)51(50)55(65)74;1-2-11-25(13-9-18(28)24-10-14-27)19(29)6-4-3-5-12-26-22(30)20-16-7-8-17(15-16)21(20)23(26)31;/h8,10-11,14-15,17-20,28,33,39-40,42,50-51,68H,9,12-13,16,21-27,29-32H2,1-7H3;1,7-8,16-17,20-21,27H,3-6,9-15H2,(H,24,28);1H4/p+2/t39-,40+,42-,50+,51-;16-,17+,20+,21-;/m0../s1. The van der Waals surface area contributed by atoms with Gasteiger partial charge in [0, 0.05) is 81.0 Å². The van der Waals surface area contributed by atoms with Crippen molar-refractivity contribution in [1.82, 2.24) is 50.3 Å². The normalized spacial score (nSPS) is 20.7. The minimum atomic E-state index is -0.674. The topological polar surface area (TPSA) is 342 Å². The molecule has 110 heavy (non-hydrogen) atoms. The van der Waals surface area contributed by atoms with Crippen LogP contribution >= 0.6 is 11.3 Å². The number of esters is 2. The average molecular weight is 1530 g/mol. The summed E-state index contributed by atoms with van der Waals surface area (Å²) >= 11 is 1.68. The van der Waals surface area contributed by atoms with Gasteiger partial charge in [0.1, 0.15) is 11.3 Å². The molecule has 588 valence electrons. The van der Waals surface area contributed by atoms with E-state index >= 15 is 0 Å². The van der Waals surface area contributed by atoms with Crippen molar-refractivity contribution in [1.29, 1.82) is 0 Å². The van der Waals surface area contributed by atoms with Crippen LogP contribution in [0.15, 0.2) is 84.0 Å². The van der Waals surface area contributed by atoms with Crippen molar-refractivity contribution in [2.24, 2.45) is 52.3 Å². The number of terminal acetylenes is 1. The van der Waals surface area contributed by atoms with Gasteiger partial charge in [-0.25, -0.2) is 0 Å². The first-order chi connectivity index (χ1) is 52.4. The van der Waals surface area contributed by atoms with Gasteiger partial charge in [-0.15, -0.1) is 11.5 Å². The molecule has 8 amide bonds. The number of allylic oxidation sites excluding steroid dienone is 4. The van der Waals surface area contributed by atoms with Crippen molar-refractivity contribution in [3.63, 3.8) is 0 Å². The number of amides is 8. The van der Waals surface area contributed by atoms with Crippen LogP contribution in [0.25, 0.3) is 5.00 Å². The number of thiophene rings is 1. The Kier molecular flexibility index (Phi) is 27.8. The van der Waals surface area contributed by atoms with E-state index in [0.29, 0.717) is 69.6 Å². The molecule has 5 aromatic rings. The molecule has 2 saturated carbocycles. The summed E-state index contributed by atoms with van der Waals surface area (Å²) in [6.45, 7) is 13.5. The summed E-state index contributed by atoms with van der Waals surface area (Å²) in [6.07, 6.45) is 21.5. The molecule has 0 spiro atoms. The van der Waals surface area contributed by atoms with Crippen molar-refractivity contribution in [3.8, 4) is 28.8 Å². The second-order valence-electron chi connectivity index (χ2n) is 30.0. The van der Waals surface area contributed by atoms with Gasteiger partial charge in [0.05, 0.1) is 101 Å². The second kappa shape index (κ2) is 37.1. The summed E-state index contributed by atoms with van der Waals surface area (Å²) in [5, 5.41) is 36.1. The Morgan fingerprint density at radius 3 is 1.80 bits per heavy atom. The molecule has 29 heteroatoms. The van der Waals surface area contributed by atoms with Gasteiger partial charge in [-0.05, 0) is 125 Å². The first-order valence-electron chi connectivity index (χ1n) is 38.0. The van der Waals surface area contributed by atoms with E-state index in [1.54, 1.807) is 28.5 Å². The third-order valence-corrected chi connectivity index (χ3v) is 22.6. The number of nitrogens with zero attached hydrogens (tertiary/aromatic N) is 10. The van der Waals surface area contributed by atoms with Gasteiger partial charge in [-0.1, -0.05) is 107 Å². The van der Waals surface area contributed by atoms with Crippen molar-refractivity contribution in [2.75, 3.05) is 66.1 Å². The van der Waals surface area contributed by atoms with E-state index in [4.69, 9.17) is 35.8 Å². The summed E-state index contributed by atoms with van der Waals surface area (Å²) in [7, 11) is 1.51.